The summed E-state index contributed by atoms with van der Waals surface area (Å²) in [7, 11) is 1.54. The highest BCUT2D eigenvalue weighted by atomic mass is 16.5. The summed E-state index contributed by atoms with van der Waals surface area (Å²) in [6, 6.07) is 6.50. The van der Waals surface area contributed by atoms with Crippen LogP contribution in [-0.2, 0) is 19.1 Å². The number of likely N-dealkylation sites (tertiary alicyclic amines) is 1. The number of imide groups is 1. The molecule has 0 saturated carbocycles. The number of esters is 1. The normalized spacial score (nSPS) is 26.1. The minimum Gasteiger partial charge on any atom is -0.497 e. The minimum atomic E-state index is -0.439. The Labute approximate surface area is 152 Å². The van der Waals surface area contributed by atoms with E-state index in [2.05, 4.69) is 0 Å². The number of hydrogen-bond acceptors (Lipinski definition) is 5. The molecular formula is C19H25N2O5+. The topological polar surface area (TPSA) is 77.3 Å². The maximum absolute atomic E-state index is 12.9. The van der Waals surface area contributed by atoms with Gasteiger partial charge in [0.2, 0.25) is 5.91 Å². The lowest BCUT2D eigenvalue weighted by Crippen LogP contribution is -3.18. The van der Waals surface area contributed by atoms with E-state index in [0.717, 1.165) is 24.3 Å². The van der Waals surface area contributed by atoms with E-state index in [4.69, 9.17) is 9.47 Å². The number of amides is 2. The zero-order valence-corrected chi connectivity index (χ0v) is 15.2. The van der Waals surface area contributed by atoms with Crippen LogP contribution in [0.15, 0.2) is 24.3 Å². The van der Waals surface area contributed by atoms with Crippen LogP contribution in [0.2, 0.25) is 0 Å². The number of hydrogen-bond donors (Lipinski definition) is 1. The molecule has 2 amide bonds. The molecule has 0 aliphatic carbocycles. The summed E-state index contributed by atoms with van der Waals surface area (Å²) in [5.74, 6) is -0.223. The summed E-state index contributed by atoms with van der Waals surface area (Å²) in [6.45, 7) is 3.46. The zero-order valence-electron chi connectivity index (χ0n) is 15.2. The lowest BCUT2D eigenvalue weighted by Gasteiger charge is -2.31. The highest BCUT2D eigenvalue weighted by Gasteiger charge is 2.47. The van der Waals surface area contributed by atoms with Crippen molar-refractivity contribution in [1.82, 2.24) is 0 Å². The van der Waals surface area contributed by atoms with E-state index in [1.54, 1.807) is 38.3 Å². The predicted octanol–water partition coefficient (Wildman–Crippen LogP) is 0.185. The highest BCUT2D eigenvalue weighted by Crippen LogP contribution is 2.26. The molecule has 26 heavy (non-hydrogen) atoms. The smallest absolute Gasteiger partial charge is 0.314 e. The Balaban J connectivity index is 1.74. The lowest BCUT2D eigenvalue weighted by atomic mass is 9.96. The van der Waals surface area contributed by atoms with Gasteiger partial charge in [-0.05, 0) is 31.9 Å². The second kappa shape index (κ2) is 7.86. The van der Waals surface area contributed by atoms with Crippen LogP contribution in [-0.4, -0.2) is 50.6 Å². The Kier molecular flexibility index (Phi) is 5.56. The van der Waals surface area contributed by atoms with Gasteiger partial charge in [-0.25, -0.2) is 4.90 Å². The number of rotatable bonds is 5. The molecule has 0 aromatic heterocycles. The van der Waals surface area contributed by atoms with Crippen molar-refractivity contribution in [2.45, 2.75) is 32.2 Å². The van der Waals surface area contributed by atoms with Crippen molar-refractivity contribution in [3.8, 4) is 5.75 Å². The molecule has 1 aromatic rings. The van der Waals surface area contributed by atoms with Crippen LogP contribution in [0.4, 0.5) is 5.69 Å². The number of piperidine rings is 1. The molecule has 0 bridgehead atoms. The monoisotopic (exact) mass is 361 g/mol. The van der Waals surface area contributed by atoms with Crippen LogP contribution in [0.3, 0.4) is 0 Å². The van der Waals surface area contributed by atoms with E-state index in [1.165, 1.54) is 4.90 Å². The molecule has 7 heteroatoms. The van der Waals surface area contributed by atoms with Crippen molar-refractivity contribution in [3.63, 3.8) is 0 Å². The predicted molar refractivity (Wildman–Crippen MR) is 93.9 cm³/mol. The molecule has 0 spiro atoms. The SMILES string of the molecule is CCOC(=O)[C@@H]1CCC[NH+]([C@@H]2CC(=O)N(c3cccc(OC)c3)C2=O)C1. The first-order valence-corrected chi connectivity index (χ1v) is 9.07. The van der Waals surface area contributed by atoms with Crippen LogP contribution in [0.5, 0.6) is 5.75 Å². The molecule has 2 fully saturated rings. The highest BCUT2D eigenvalue weighted by molar-refractivity contribution is 6.21. The molecule has 140 valence electrons. The van der Waals surface area contributed by atoms with Crippen LogP contribution >= 0.6 is 0 Å². The quantitative estimate of drug-likeness (QED) is 0.598. The number of ether oxygens (including phenoxy) is 2. The molecule has 0 radical (unpaired) electrons. The fraction of sp³-hybridized carbons (Fsp3) is 0.526. The van der Waals surface area contributed by atoms with Crippen molar-refractivity contribution in [2.24, 2.45) is 5.92 Å². The minimum absolute atomic E-state index is 0.168. The second-order valence-electron chi connectivity index (χ2n) is 6.73. The van der Waals surface area contributed by atoms with Gasteiger partial charge >= 0.3 is 5.97 Å². The number of nitrogens with one attached hydrogen (secondary N) is 1. The number of benzene rings is 1. The molecule has 2 saturated heterocycles. The van der Waals surface area contributed by atoms with Gasteiger partial charge in [0.25, 0.3) is 5.91 Å². The van der Waals surface area contributed by atoms with Crippen molar-refractivity contribution >= 4 is 23.5 Å². The van der Waals surface area contributed by atoms with Crippen LogP contribution in [0.1, 0.15) is 26.2 Å². The molecule has 1 unspecified atom stereocenters. The summed E-state index contributed by atoms with van der Waals surface area (Å²) in [6.07, 6.45) is 1.79. The van der Waals surface area contributed by atoms with E-state index in [-0.39, 0.29) is 30.1 Å². The molecule has 3 rings (SSSR count). The van der Waals surface area contributed by atoms with Gasteiger partial charge in [0, 0.05) is 6.07 Å². The Morgan fingerprint density at radius 1 is 1.35 bits per heavy atom. The maximum atomic E-state index is 12.9. The average Bonchev–Trinajstić information content (AvgIpc) is 2.96. The van der Waals surface area contributed by atoms with E-state index >= 15 is 0 Å². The van der Waals surface area contributed by atoms with Crippen molar-refractivity contribution in [2.75, 3.05) is 31.7 Å². The number of nitrogens with zero attached hydrogens (tertiary/aromatic N) is 1. The van der Waals surface area contributed by atoms with E-state index in [1.807, 2.05) is 0 Å². The molecule has 2 aliphatic heterocycles. The van der Waals surface area contributed by atoms with Gasteiger partial charge in [0.05, 0.1) is 38.9 Å². The molecule has 2 aliphatic rings. The Morgan fingerprint density at radius 2 is 2.15 bits per heavy atom. The summed E-state index contributed by atoms with van der Waals surface area (Å²) in [4.78, 5) is 39.8. The van der Waals surface area contributed by atoms with Gasteiger partial charge in [0.1, 0.15) is 11.7 Å². The van der Waals surface area contributed by atoms with E-state index in [0.29, 0.717) is 24.6 Å². The molecule has 3 atom stereocenters. The molecular weight excluding hydrogens is 336 g/mol. The van der Waals surface area contributed by atoms with E-state index < -0.39 is 6.04 Å². The third kappa shape index (κ3) is 3.58. The van der Waals surface area contributed by atoms with Gasteiger partial charge in [-0.3, -0.25) is 14.4 Å². The number of methoxy groups -OCH3 is 1. The van der Waals surface area contributed by atoms with Crippen LogP contribution in [0.25, 0.3) is 0 Å². The fourth-order valence-corrected chi connectivity index (χ4v) is 3.85. The largest absolute Gasteiger partial charge is 0.497 e. The van der Waals surface area contributed by atoms with Gasteiger partial charge in [0.15, 0.2) is 6.04 Å². The van der Waals surface area contributed by atoms with E-state index in [9.17, 15) is 14.4 Å². The van der Waals surface area contributed by atoms with Crippen LogP contribution in [0, 0.1) is 5.92 Å². The van der Waals surface area contributed by atoms with Gasteiger partial charge in [-0.15, -0.1) is 0 Å². The summed E-state index contributed by atoms with van der Waals surface area (Å²) in [5.41, 5.74) is 0.528. The van der Waals surface area contributed by atoms with Crippen molar-refractivity contribution < 1.29 is 28.8 Å². The lowest BCUT2D eigenvalue weighted by molar-refractivity contribution is -0.922. The molecule has 2 heterocycles. The number of carbonyl (C=O) groups excluding carboxylic acids is 3. The number of anilines is 1. The van der Waals surface area contributed by atoms with Gasteiger partial charge in [-0.2, -0.15) is 0 Å². The maximum Gasteiger partial charge on any atom is 0.314 e. The Hall–Kier alpha value is -2.41. The first-order valence-electron chi connectivity index (χ1n) is 9.07. The number of carbonyl (C=O) groups is 3. The third-order valence-corrected chi connectivity index (χ3v) is 5.13. The summed E-state index contributed by atoms with van der Waals surface area (Å²) < 4.78 is 10.3. The standard InChI is InChI=1S/C19H24N2O5/c1-3-26-19(24)13-6-5-9-20(12-13)16-11-17(22)21(18(16)23)14-7-4-8-15(10-14)25-2/h4,7-8,10,13,16H,3,5-6,9,11-12H2,1-2H3/p+1/t13-,16-/m1/s1. The first-order chi connectivity index (χ1) is 12.5. The van der Waals surface area contributed by atoms with Crippen molar-refractivity contribution in [3.05, 3.63) is 24.3 Å². The molecule has 7 nitrogen and oxygen atoms in total. The molecule has 1 aromatic carbocycles. The summed E-state index contributed by atoms with van der Waals surface area (Å²) >= 11 is 0. The zero-order chi connectivity index (χ0) is 18.7. The average molecular weight is 361 g/mol. The van der Waals surface area contributed by atoms with Gasteiger partial charge in [-0.1, -0.05) is 6.07 Å². The Morgan fingerprint density at radius 3 is 2.88 bits per heavy atom. The van der Waals surface area contributed by atoms with Gasteiger partial charge < -0.3 is 14.4 Å². The Bertz CT molecular complexity index is 705. The second-order valence-corrected chi connectivity index (χ2v) is 6.73. The number of quaternary nitrogens is 1. The molecule has 1 N–H and O–H groups in total. The summed E-state index contributed by atoms with van der Waals surface area (Å²) in [5, 5.41) is 0. The first kappa shape index (κ1) is 18.4. The van der Waals surface area contributed by atoms with Crippen molar-refractivity contribution in [1.29, 1.82) is 0 Å². The third-order valence-electron chi connectivity index (χ3n) is 5.13. The fourth-order valence-electron chi connectivity index (χ4n) is 3.85. The van der Waals surface area contributed by atoms with Crippen LogP contribution < -0.4 is 14.5 Å².